The summed E-state index contributed by atoms with van der Waals surface area (Å²) in [7, 11) is -2.55. The Morgan fingerprint density at radius 2 is 0.658 bits per heavy atom. The van der Waals surface area contributed by atoms with E-state index in [4.69, 9.17) is 39.1 Å². The molecular formula is C97H65N9O3SSi. The molecule has 0 fully saturated rings. The van der Waals surface area contributed by atoms with Crippen LogP contribution in [0.15, 0.2) is 340 Å². The van der Waals surface area contributed by atoms with Gasteiger partial charge >= 0.3 is 0 Å². The fraction of sp³-hybridized carbons (Fsp3) is 0.0309. The lowest BCUT2D eigenvalue weighted by Gasteiger charge is -2.34. The van der Waals surface area contributed by atoms with Crippen LogP contribution in [0.2, 0.25) is 0 Å². The Bertz CT molecular complexity index is 6950. The maximum atomic E-state index is 6.42. The molecule has 0 bridgehead atoms. The van der Waals surface area contributed by atoms with Crippen molar-refractivity contribution < 1.29 is 14.2 Å². The van der Waals surface area contributed by atoms with Gasteiger partial charge in [0.15, 0.2) is 42.6 Å². The zero-order valence-electron chi connectivity index (χ0n) is 60.5. The second-order valence-corrected chi connectivity index (χ2v) is 33.0. The van der Waals surface area contributed by atoms with Gasteiger partial charge in [0, 0.05) is 28.1 Å². The molecule has 0 saturated carbocycles. The number of nitrogens with zero attached hydrogens (tertiary/aromatic N) is 9. The normalized spacial score (nSPS) is 12.1. The molecular weight excluding hydrogens is 1400 g/mol. The third kappa shape index (κ3) is 11.0. The third-order valence-electron chi connectivity index (χ3n) is 21.7. The molecule has 3 aliphatic rings. The molecule has 0 N–H and O–H groups in total. The van der Waals surface area contributed by atoms with Crippen LogP contribution in [0.25, 0.3) is 137 Å². The highest BCUT2D eigenvalue weighted by Gasteiger charge is 2.41. The maximum Gasteiger partial charge on any atom is 0.179 e. The molecule has 6 aromatic heterocycles. The lowest BCUT2D eigenvalue weighted by Crippen LogP contribution is -2.74. The number of para-hydroxylation sites is 4. The van der Waals surface area contributed by atoms with Crippen molar-refractivity contribution in [3.63, 3.8) is 0 Å². The molecule has 0 spiro atoms. The van der Waals surface area contributed by atoms with Crippen molar-refractivity contribution >= 4 is 105 Å². The van der Waals surface area contributed by atoms with Crippen LogP contribution in [-0.4, -0.2) is 51.7 Å². The van der Waals surface area contributed by atoms with Gasteiger partial charge in [-0.05, 0) is 172 Å². The van der Waals surface area contributed by atoms with E-state index in [1.807, 2.05) is 93.7 Å². The van der Waals surface area contributed by atoms with Gasteiger partial charge in [0.1, 0.15) is 39.0 Å². The van der Waals surface area contributed by atoms with E-state index in [1.54, 1.807) is 11.3 Å². The lowest BCUT2D eigenvalue weighted by molar-refractivity contribution is 0.475. The second-order valence-electron chi connectivity index (χ2n) is 28.2. The van der Waals surface area contributed by atoms with Gasteiger partial charge in [-0.2, -0.15) is 0 Å². The summed E-state index contributed by atoms with van der Waals surface area (Å²) in [6.07, 6.45) is 1.82. The van der Waals surface area contributed by atoms with Gasteiger partial charge in [0.25, 0.3) is 0 Å². The van der Waals surface area contributed by atoms with Crippen LogP contribution in [0.3, 0.4) is 0 Å². The molecule has 0 atom stereocenters. The number of aromatic nitrogens is 9. The number of pyridine rings is 2. The maximum absolute atomic E-state index is 6.42. The summed E-state index contributed by atoms with van der Waals surface area (Å²) in [5, 5.41) is 8.71. The van der Waals surface area contributed by atoms with Gasteiger partial charge in [-0.15, -0.1) is 11.3 Å². The van der Waals surface area contributed by atoms with Gasteiger partial charge < -0.3 is 14.2 Å². The summed E-state index contributed by atoms with van der Waals surface area (Å²) in [4.78, 5) is 28.5. The molecule has 111 heavy (non-hydrogen) atoms. The van der Waals surface area contributed by atoms with Crippen molar-refractivity contribution in [3.05, 3.63) is 357 Å². The van der Waals surface area contributed by atoms with E-state index in [0.29, 0.717) is 0 Å². The van der Waals surface area contributed by atoms with Crippen LogP contribution in [0.4, 0.5) is 0 Å². The Morgan fingerprint density at radius 3 is 1.12 bits per heavy atom. The molecule has 12 nitrogen and oxygen atoms in total. The van der Waals surface area contributed by atoms with Crippen LogP contribution in [0, 0.1) is 20.8 Å². The Balaban J connectivity index is 0.000000106. The number of fused-ring (bicyclic) bond motifs is 10. The molecule has 23 rings (SSSR count). The first-order valence-corrected chi connectivity index (χ1v) is 39.9. The van der Waals surface area contributed by atoms with Crippen molar-refractivity contribution in [1.29, 1.82) is 0 Å². The number of imidazole rings is 3. The van der Waals surface area contributed by atoms with Crippen LogP contribution in [0.1, 0.15) is 17.5 Å². The molecule has 14 aromatic carbocycles. The molecule has 0 radical (unpaired) electrons. The zero-order valence-corrected chi connectivity index (χ0v) is 62.3. The van der Waals surface area contributed by atoms with Crippen molar-refractivity contribution in [2.75, 3.05) is 0 Å². The summed E-state index contributed by atoms with van der Waals surface area (Å²) in [5.41, 5.74) is 21.8. The van der Waals surface area contributed by atoms with E-state index in [2.05, 4.69) is 286 Å². The monoisotopic (exact) mass is 1460 g/mol. The van der Waals surface area contributed by atoms with Crippen molar-refractivity contribution in [2.45, 2.75) is 20.8 Å². The van der Waals surface area contributed by atoms with Gasteiger partial charge in [-0.3, -0.25) is 18.7 Å². The minimum Gasteiger partial charge on any atom is -0.453 e. The number of ether oxygens (including phenoxy) is 3. The molecule has 0 saturated heterocycles. The van der Waals surface area contributed by atoms with E-state index in [1.165, 1.54) is 25.4 Å². The van der Waals surface area contributed by atoms with E-state index in [9.17, 15) is 0 Å². The number of hydrogen-bond acceptors (Lipinski definition) is 10. The highest BCUT2D eigenvalue weighted by Crippen LogP contribution is 2.47. The number of aryl methyl sites for hydroxylation is 3. The van der Waals surface area contributed by atoms with E-state index in [0.717, 1.165) is 185 Å². The van der Waals surface area contributed by atoms with Gasteiger partial charge in [-0.1, -0.05) is 237 Å². The molecule has 0 unspecified atom stereocenters. The van der Waals surface area contributed by atoms with E-state index >= 15 is 0 Å². The Labute approximate surface area is 643 Å². The predicted octanol–water partition coefficient (Wildman–Crippen LogP) is 21.7. The van der Waals surface area contributed by atoms with Gasteiger partial charge in [-0.25, -0.2) is 24.9 Å². The largest absolute Gasteiger partial charge is 0.453 e. The number of hydrogen-bond donors (Lipinski definition) is 0. The summed E-state index contributed by atoms with van der Waals surface area (Å²) in [6, 6.07) is 117. The highest BCUT2D eigenvalue weighted by molar-refractivity contribution is 7.21. The highest BCUT2D eigenvalue weighted by atomic mass is 32.1. The van der Waals surface area contributed by atoms with Crippen molar-refractivity contribution in [1.82, 2.24) is 43.6 Å². The minimum atomic E-state index is -2.55. The second kappa shape index (κ2) is 26.3. The van der Waals surface area contributed by atoms with Crippen molar-refractivity contribution in [2.24, 2.45) is 0 Å². The molecule has 3 aliphatic heterocycles. The van der Waals surface area contributed by atoms with Crippen LogP contribution >= 0.6 is 11.3 Å². The molecule has 9 heterocycles. The fourth-order valence-corrected chi connectivity index (χ4v) is 22.2. The van der Waals surface area contributed by atoms with Crippen LogP contribution in [0.5, 0.6) is 34.5 Å². The van der Waals surface area contributed by atoms with Crippen LogP contribution in [-0.2, 0) is 0 Å². The number of benzene rings is 14. The third-order valence-corrected chi connectivity index (χ3v) is 27.5. The average Bonchev–Trinajstić information content (AvgIpc) is 1.54. The topological polar surface area (TPSA) is 120 Å². The van der Waals surface area contributed by atoms with Gasteiger partial charge in [0.05, 0.1) is 60.6 Å². The Kier molecular flexibility index (Phi) is 15.5. The first-order valence-electron chi connectivity index (χ1n) is 37.1. The van der Waals surface area contributed by atoms with E-state index < -0.39 is 8.07 Å². The first-order chi connectivity index (χ1) is 54.7. The minimum absolute atomic E-state index is 0.832. The van der Waals surface area contributed by atoms with Crippen molar-refractivity contribution in [3.8, 4) is 107 Å². The van der Waals surface area contributed by atoms with Gasteiger partial charge in [0.2, 0.25) is 0 Å². The Morgan fingerprint density at radius 1 is 0.279 bits per heavy atom. The predicted molar refractivity (Wildman–Crippen MR) is 452 cm³/mol. The summed E-state index contributed by atoms with van der Waals surface area (Å²) in [5.74, 6) is 7.93. The molecule has 0 aliphatic carbocycles. The summed E-state index contributed by atoms with van der Waals surface area (Å²) >= 11 is 1.72. The average molecular weight is 1460 g/mol. The van der Waals surface area contributed by atoms with E-state index in [-0.39, 0.29) is 0 Å². The zero-order chi connectivity index (χ0) is 73.8. The smallest absolute Gasteiger partial charge is 0.179 e. The number of thiazole rings is 1. The number of rotatable bonds is 9. The lowest BCUT2D eigenvalue weighted by atomic mass is 10.0. The first kappa shape index (κ1) is 65.1. The summed E-state index contributed by atoms with van der Waals surface area (Å²) in [6.45, 7) is 6.12. The van der Waals surface area contributed by atoms with Crippen LogP contribution < -0.4 is 35.0 Å². The molecule has 0 amide bonds. The standard InChI is InChI=1S/C38H28N2OSi.C32H20N4O.C27H17N3OS/c1-27-39-34-18-11-19-36-38(34)40(27)35-25-22-29(26-37(35)41-36)28-20-23-33(24-21-28)42(30-12-5-2-6-13-30,31-14-7-3-8-15-31)32-16-9-4-10-17-32;1-19-34-26-5-2-6-28-32(26)36(19)27-16-14-24(18-29(27)37-28)20-7-9-21(10-8-20)25-15-13-23-12-11-22-4-3-17-33-30(22)31(23)35-25;1-16-28-21-6-4-7-23-26(21)30(16)22-14-13-19(15-24(22)31-23)17-9-11-18(12-10-17)27-29-20-5-2-3-8-25(20)32-27/h2-26H,1H3;2-18H,1H3;2-15H,1H3. The quantitative estimate of drug-likeness (QED) is 0.0790. The molecule has 20 aromatic rings. The Hall–Kier alpha value is -14.2. The fourth-order valence-electron chi connectivity index (χ4n) is 16.5. The summed E-state index contributed by atoms with van der Waals surface area (Å²) < 4.78 is 26.8. The molecule has 526 valence electrons. The SMILES string of the molecule is Cc1nc2cccc3c2n1-c1ccc(-c2ccc(-c4ccc5ccc6cccnc6c5n4)cc2)cc1O3.Cc1nc2cccc3c2n1-c1ccc(-c2ccc(-c4nc5ccccc5s4)cc2)cc1O3.Cc1nc2cccc3c2n1-c1ccc(-c2ccc([Si](c4ccccc4)(c4ccccc4)c4ccccc4)cc2)cc1O3. The molecule has 14 heteroatoms.